The second-order valence-electron chi connectivity index (χ2n) is 8.86. The highest BCUT2D eigenvalue weighted by Gasteiger charge is 2.28. The summed E-state index contributed by atoms with van der Waals surface area (Å²) in [7, 11) is 3.10. The Morgan fingerprint density at radius 1 is 1.07 bits per heavy atom. The number of halogens is 3. The molecule has 0 unspecified atom stereocenters. The van der Waals surface area contributed by atoms with Gasteiger partial charge in [0.1, 0.15) is 23.5 Å². The fourth-order valence-electron chi connectivity index (χ4n) is 3.66. The molecule has 4 rings (SSSR count). The normalized spacial score (nSPS) is 12.9. The molecule has 0 saturated heterocycles. The Bertz CT molecular complexity index is 1570. The highest BCUT2D eigenvalue weighted by molar-refractivity contribution is 8.13. The van der Waals surface area contributed by atoms with Crippen molar-refractivity contribution < 1.29 is 19.4 Å². The van der Waals surface area contributed by atoms with Gasteiger partial charge in [-0.25, -0.2) is 14.8 Å². The van der Waals surface area contributed by atoms with Crippen LogP contribution in [0.3, 0.4) is 0 Å². The van der Waals surface area contributed by atoms with Crippen LogP contribution in [0.4, 0.5) is 5.69 Å². The fourth-order valence-corrected chi connectivity index (χ4v) is 5.56. The van der Waals surface area contributed by atoms with E-state index in [0.717, 1.165) is 40.4 Å². The van der Waals surface area contributed by atoms with Gasteiger partial charge in [-0.05, 0) is 60.7 Å². The summed E-state index contributed by atoms with van der Waals surface area (Å²) in [6.45, 7) is 2.00. The van der Waals surface area contributed by atoms with Crippen LogP contribution in [0.5, 0.6) is 5.75 Å². The molecule has 1 heterocycles. The molecule has 8 nitrogen and oxygen atoms in total. The Balaban J connectivity index is 0.000000312. The Morgan fingerprint density at radius 3 is 2.19 bits per heavy atom. The molecule has 1 aromatic heterocycles. The summed E-state index contributed by atoms with van der Waals surface area (Å²) >= 11 is 18.6. The van der Waals surface area contributed by atoms with Gasteiger partial charge in [0.25, 0.3) is 0 Å². The summed E-state index contributed by atoms with van der Waals surface area (Å²) in [6, 6.07) is 16.8. The van der Waals surface area contributed by atoms with Crippen LogP contribution < -0.4 is 4.74 Å². The van der Waals surface area contributed by atoms with E-state index in [9.17, 15) is 9.90 Å². The molecule has 216 valence electrons. The van der Waals surface area contributed by atoms with Crippen molar-refractivity contribution in [1.82, 2.24) is 4.98 Å². The largest absolute Gasteiger partial charge is 0.503 e. The average molecular weight is 644 g/mol. The molecule has 1 N–H and O–H groups in total. The Labute approximate surface area is 263 Å². The number of hydrogen-bond donors (Lipinski definition) is 1. The maximum absolute atomic E-state index is 11.7. The van der Waals surface area contributed by atoms with Crippen LogP contribution in [-0.2, 0) is 15.3 Å². The first kappa shape index (κ1) is 32.8. The number of pyridine rings is 1. The molecular weight excluding hydrogens is 619 g/mol. The van der Waals surface area contributed by atoms with Crippen molar-refractivity contribution in [3.05, 3.63) is 91.9 Å². The van der Waals surface area contributed by atoms with E-state index in [-0.39, 0.29) is 32.0 Å². The maximum Gasteiger partial charge on any atom is 0.339 e. The van der Waals surface area contributed by atoms with Gasteiger partial charge >= 0.3 is 5.97 Å². The summed E-state index contributed by atoms with van der Waals surface area (Å²) in [4.78, 5) is 20.2. The van der Waals surface area contributed by atoms with Crippen LogP contribution in [0.1, 0.15) is 40.9 Å². The van der Waals surface area contributed by atoms with Crippen molar-refractivity contribution >= 4 is 68.8 Å². The molecule has 0 radical (unpaired) electrons. The van der Waals surface area contributed by atoms with Crippen LogP contribution in [-0.4, -0.2) is 35.3 Å². The number of rotatable bonds is 8. The van der Waals surface area contributed by atoms with Crippen LogP contribution in [0.2, 0.25) is 15.1 Å². The molecule has 42 heavy (non-hydrogen) atoms. The third kappa shape index (κ3) is 8.40. The van der Waals surface area contributed by atoms with Crippen LogP contribution in [0.25, 0.3) is 5.57 Å². The Kier molecular flexibility index (Phi) is 12.1. The molecule has 0 atom stereocenters. The quantitative estimate of drug-likeness (QED) is 0.112. The summed E-state index contributed by atoms with van der Waals surface area (Å²) < 4.78 is 10.2. The maximum atomic E-state index is 11.7. The van der Waals surface area contributed by atoms with Gasteiger partial charge in [0.05, 0.1) is 46.3 Å². The molecule has 2 aromatic carbocycles. The van der Waals surface area contributed by atoms with Crippen molar-refractivity contribution in [2.24, 2.45) is 10.9 Å². The third-order valence-electron chi connectivity index (χ3n) is 6.01. The zero-order valence-corrected chi connectivity index (χ0v) is 25.9. The number of carboxylic acids is 1. The minimum atomic E-state index is -1.00. The standard InChI is InChI=1S/C23H25NO4S.C7Cl3N3/c1-15-5-4-6-19(20(13-27-2)23(25)26)21(15)14-29-22(16-7-8-16)24-17-9-11-18(28-3)12-10-17;8-5-3(1-11)13-4(2-12)6(9)7(5)10/h4-6,9-13,16H,7-8,14H2,1-3H3,(H,25,26);. The van der Waals surface area contributed by atoms with E-state index >= 15 is 0 Å². The van der Waals surface area contributed by atoms with E-state index in [2.05, 4.69) is 4.98 Å². The number of ether oxygens (including phenoxy) is 2. The number of benzene rings is 2. The van der Waals surface area contributed by atoms with E-state index in [1.165, 1.54) is 13.4 Å². The van der Waals surface area contributed by atoms with Crippen LogP contribution in [0, 0.1) is 35.5 Å². The topological polar surface area (TPSA) is 129 Å². The first-order chi connectivity index (χ1) is 20.1. The second-order valence-corrected chi connectivity index (χ2v) is 11.0. The molecule has 12 heteroatoms. The molecular formula is C30H25Cl3N4O4S. The number of aliphatic carboxylic acids is 1. The second kappa shape index (κ2) is 15.5. The molecule has 3 aromatic rings. The molecule has 0 bridgehead atoms. The number of carbonyl (C=O) groups is 1. The van der Waals surface area contributed by atoms with E-state index in [0.29, 0.717) is 17.2 Å². The summed E-state index contributed by atoms with van der Waals surface area (Å²) in [5, 5.41) is 27.7. The van der Waals surface area contributed by atoms with E-state index in [1.54, 1.807) is 31.0 Å². The highest BCUT2D eigenvalue weighted by Crippen LogP contribution is 2.39. The van der Waals surface area contributed by atoms with E-state index in [4.69, 9.17) is 59.8 Å². The molecule has 0 amide bonds. The highest BCUT2D eigenvalue weighted by atomic mass is 35.5. The van der Waals surface area contributed by atoms with Crippen molar-refractivity contribution in [1.29, 1.82) is 10.5 Å². The van der Waals surface area contributed by atoms with E-state index in [1.807, 2.05) is 49.4 Å². The van der Waals surface area contributed by atoms with Gasteiger partial charge in [-0.1, -0.05) is 53.0 Å². The first-order valence-corrected chi connectivity index (χ1v) is 14.5. The summed E-state index contributed by atoms with van der Waals surface area (Å²) in [5.74, 6) is 0.947. The van der Waals surface area contributed by atoms with Gasteiger partial charge in [0.2, 0.25) is 0 Å². The SMILES string of the molecule is COC=C(C(=O)O)c1cccc(C)c1CSC(=Nc1ccc(OC)cc1)C1CC1.N#Cc1nc(C#N)c(Cl)c(Cl)c1Cl. The van der Waals surface area contributed by atoms with Gasteiger partial charge in [-0.15, -0.1) is 11.8 Å². The van der Waals surface area contributed by atoms with Crippen LogP contribution in [0.15, 0.2) is 53.7 Å². The minimum absolute atomic E-state index is 0.0218. The van der Waals surface area contributed by atoms with Gasteiger partial charge in [-0.3, -0.25) is 0 Å². The van der Waals surface area contributed by atoms with Crippen molar-refractivity contribution in [2.75, 3.05) is 14.2 Å². The average Bonchev–Trinajstić information content (AvgIpc) is 3.84. The number of aromatic nitrogens is 1. The van der Waals surface area contributed by atoms with Gasteiger partial charge in [0, 0.05) is 11.7 Å². The van der Waals surface area contributed by atoms with Gasteiger partial charge < -0.3 is 14.6 Å². The third-order valence-corrected chi connectivity index (χ3v) is 8.47. The number of methoxy groups -OCH3 is 2. The summed E-state index contributed by atoms with van der Waals surface area (Å²) in [6.07, 6.45) is 3.58. The lowest BCUT2D eigenvalue weighted by molar-refractivity contribution is -0.130. The zero-order valence-electron chi connectivity index (χ0n) is 22.8. The minimum Gasteiger partial charge on any atom is -0.503 e. The first-order valence-electron chi connectivity index (χ1n) is 12.4. The monoisotopic (exact) mass is 642 g/mol. The lowest BCUT2D eigenvalue weighted by atomic mass is 9.98. The number of thioether (sulfide) groups is 1. The number of hydrogen-bond acceptors (Lipinski definition) is 8. The number of carboxylic acid groups (broad SMARTS) is 1. The van der Waals surface area contributed by atoms with E-state index < -0.39 is 5.97 Å². The Morgan fingerprint density at radius 2 is 1.69 bits per heavy atom. The lowest BCUT2D eigenvalue weighted by Crippen LogP contribution is -2.06. The molecule has 1 aliphatic rings. The van der Waals surface area contributed by atoms with Crippen molar-refractivity contribution in [2.45, 2.75) is 25.5 Å². The van der Waals surface area contributed by atoms with Crippen molar-refractivity contribution in [3.63, 3.8) is 0 Å². The molecule has 1 saturated carbocycles. The predicted molar refractivity (Wildman–Crippen MR) is 167 cm³/mol. The molecule has 0 spiro atoms. The lowest BCUT2D eigenvalue weighted by Gasteiger charge is -2.14. The van der Waals surface area contributed by atoms with Gasteiger partial charge in [-0.2, -0.15) is 10.5 Å². The van der Waals surface area contributed by atoms with Crippen molar-refractivity contribution in [3.8, 4) is 17.9 Å². The smallest absolute Gasteiger partial charge is 0.339 e. The summed E-state index contributed by atoms with van der Waals surface area (Å²) in [5.41, 5.74) is 3.58. The molecule has 1 aliphatic carbocycles. The zero-order chi connectivity index (χ0) is 30.8. The fraction of sp³-hybridized carbons (Fsp3) is 0.233. The van der Waals surface area contributed by atoms with Crippen LogP contribution >= 0.6 is 46.6 Å². The number of aryl methyl sites for hydroxylation is 1. The molecule has 0 aliphatic heterocycles. The number of nitrogens with zero attached hydrogens (tertiary/aromatic N) is 4. The number of nitriles is 2. The predicted octanol–water partition coefficient (Wildman–Crippen LogP) is 8.23. The molecule has 1 fully saturated rings. The van der Waals surface area contributed by atoms with Gasteiger partial charge in [0.15, 0.2) is 11.4 Å². The number of aliphatic imine (C=N–C) groups is 1. The Hall–Kier alpha value is -3.73.